The van der Waals surface area contributed by atoms with Gasteiger partial charge in [0.1, 0.15) is 30.4 Å². The molecule has 0 aliphatic heterocycles. The Bertz CT molecular complexity index is 1800. The first-order chi connectivity index (χ1) is 20.9. The lowest BCUT2D eigenvalue weighted by atomic mass is 9.99. The summed E-state index contributed by atoms with van der Waals surface area (Å²) in [6, 6.07) is 16.4. The Kier molecular flexibility index (Phi) is 10.0. The van der Waals surface area contributed by atoms with E-state index in [0.717, 1.165) is 16.4 Å². The Hall–Kier alpha value is -5.18. The number of anilines is 1. The highest BCUT2D eigenvalue weighted by molar-refractivity contribution is 7.89. The van der Waals surface area contributed by atoms with Gasteiger partial charge < -0.3 is 14.5 Å². The fraction of sp³-hybridized carbons (Fsp3) is 0.276. The molecule has 0 spiro atoms. The summed E-state index contributed by atoms with van der Waals surface area (Å²) in [5.41, 5.74) is 0.309. The van der Waals surface area contributed by atoms with Crippen LogP contribution in [0.2, 0.25) is 0 Å². The van der Waals surface area contributed by atoms with Crippen LogP contribution in [0.5, 0.6) is 0 Å². The zero-order valence-corrected chi connectivity index (χ0v) is 24.9. The average molecular weight is 623 g/mol. The number of ketones is 1. The van der Waals surface area contributed by atoms with Crippen LogP contribution in [0.4, 0.5) is 10.5 Å². The molecule has 4 rings (SSSR count). The largest absolute Gasteiger partial charge is 0.444 e. The molecule has 44 heavy (non-hydrogen) atoms. The number of aromatic nitrogens is 4. The lowest BCUT2D eigenvalue weighted by Gasteiger charge is -2.20. The second kappa shape index (κ2) is 13.9. The van der Waals surface area contributed by atoms with Gasteiger partial charge >= 0.3 is 6.09 Å². The number of hydrogen-bond acceptors (Lipinski definition) is 11. The van der Waals surface area contributed by atoms with Gasteiger partial charge in [0.2, 0.25) is 17.6 Å². The molecule has 14 nitrogen and oxygen atoms in total. The van der Waals surface area contributed by atoms with Crippen LogP contribution in [0, 0.1) is 5.92 Å². The number of Topliss-reactive ketones (excluding diaryl/α,β-unsaturated/α-hetero) is 1. The van der Waals surface area contributed by atoms with Crippen LogP contribution in [-0.4, -0.2) is 58.2 Å². The van der Waals surface area contributed by atoms with E-state index in [0.29, 0.717) is 5.56 Å². The van der Waals surface area contributed by atoms with Gasteiger partial charge in [-0.25, -0.2) is 18.2 Å². The minimum absolute atomic E-state index is 0.0286. The molecule has 2 amide bonds. The van der Waals surface area contributed by atoms with Crippen molar-refractivity contribution in [3.05, 3.63) is 94.6 Å². The van der Waals surface area contributed by atoms with Gasteiger partial charge in [0.25, 0.3) is 11.4 Å². The van der Waals surface area contributed by atoms with E-state index in [1.54, 1.807) is 68.4 Å². The van der Waals surface area contributed by atoms with Gasteiger partial charge in [0.05, 0.1) is 12.2 Å². The molecule has 0 saturated carbocycles. The minimum atomic E-state index is -3.49. The molecule has 4 aromatic rings. The number of nitrogens with one attached hydrogen (secondary N) is 2. The highest BCUT2D eigenvalue weighted by Gasteiger charge is 2.30. The molecule has 2 aromatic heterocycles. The average Bonchev–Trinajstić information content (AvgIpc) is 3.44. The van der Waals surface area contributed by atoms with Crippen LogP contribution < -0.4 is 16.2 Å². The summed E-state index contributed by atoms with van der Waals surface area (Å²) in [4.78, 5) is 56.7. The first kappa shape index (κ1) is 31.7. The van der Waals surface area contributed by atoms with Crippen LogP contribution in [0.1, 0.15) is 36.0 Å². The molecule has 15 heteroatoms. The highest BCUT2D eigenvalue weighted by atomic mass is 32.2. The summed E-state index contributed by atoms with van der Waals surface area (Å²) < 4.78 is 34.6. The summed E-state index contributed by atoms with van der Waals surface area (Å²) in [6.07, 6.45) is 1.26. The van der Waals surface area contributed by atoms with E-state index in [9.17, 15) is 27.6 Å². The Balaban J connectivity index is 1.55. The molecule has 1 unspecified atom stereocenters. The van der Waals surface area contributed by atoms with Crippen LogP contribution in [-0.2, 0) is 38.3 Å². The molecule has 0 saturated heterocycles. The smallest absolute Gasteiger partial charge is 0.412 e. The van der Waals surface area contributed by atoms with E-state index < -0.39 is 63.3 Å². The summed E-state index contributed by atoms with van der Waals surface area (Å²) in [7, 11) is -3.49. The highest BCUT2D eigenvalue weighted by Crippen LogP contribution is 2.17. The summed E-state index contributed by atoms with van der Waals surface area (Å²) in [5, 5.41) is 12.2. The minimum Gasteiger partial charge on any atom is -0.444 e. The number of amides is 2. The number of benzene rings is 2. The van der Waals surface area contributed by atoms with Gasteiger partial charge in [-0.15, -0.1) is 10.2 Å². The van der Waals surface area contributed by atoms with Crippen LogP contribution in [0.15, 0.2) is 76.1 Å². The lowest BCUT2D eigenvalue weighted by molar-refractivity contribution is -0.122. The zero-order valence-electron chi connectivity index (χ0n) is 24.1. The Morgan fingerprint density at radius 3 is 2.30 bits per heavy atom. The number of nitrogens with zero attached hydrogens (tertiary/aromatic N) is 4. The number of carbonyl (C=O) groups excluding carboxylic acids is 3. The van der Waals surface area contributed by atoms with Gasteiger partial charge in [-0.2, -0.15) is 0 Å². The third kappa shape index (κ3) is 8.44. The standard InChI is InChI=1S/C29H30N6O8S/c1-18(2)24(25(37)27-34-33-23(43-27)17-44(3,40)41)32-22(36)15-35-26(20-12-8-5-9-13-20)30-14-21(28(35)38)31-29(39)42-16-19-10-6-4-7-11-19/h4-14,18,24H,15-17H2,1-3H3,(H,31,39)(H,32,36). The SMILES string of the molecule is CC(C)C(NC(=O)Cn1c(-c2ccccc2)ncc(NC(=O)OCc2ccccc2)c1=O)C(=O)c1nnc(CS(C)(=O)=O)o1. The fourth-order valence-corrected chi connectivity index (χ4v) is 4.64. The summed E-state index contributed by atoms with van der Waals surface area (Å²) >= 11 is 0. The predicted molar refractivity (Wildman–Crippen MR) is 158 cm³/mol. The second-order valence-electron chi connectivity index (χ2n) is 10.2. The van der Waals surface area contributed by atoms with Crippen LogP contribution >= 0.6 is 0 Å². The van der Waals surface area contributed by atoms with Crippen molar-refractivity contribution in [1.29, 1.82) is 0 Å². The van der Waals surface area contributed by atoms with E-state index in [1.165, 1.54) is 6.20 Å². The van der Waals surface area contributed by atoms with Gasteiger partial charge in [0, 0.05) is 11.8 Å². The predicted octanol–water partition coefficient (Wildman–Crippen LogP) is 2.61. The number of rotatable bonds is 12. The Morgan fingerprint density at radius 2 is 1.66 bits per heavy atom. The molecule has 2 heterocycles. The van der Waals surface area contributed by atoms with E-state index in [4.69, 9.17) is 9.15 Å². The fourth-order valence-electron chi connectivity index (χ4n) is 4.08. The van der Waals surface area contributed by atoms with E-state index in [2.05, 4.69) is 25.8 Å². The molecule has 2 N–H and O–H groups in total. The van der Waals surface area contributed by atoms with Crippen molar-refractivity contribution in [2.24, 2.45) is 5.92 Å². The molecule has 0 fully saturated rings. The topological polar surface area (TPSA) is 192 Å². The van der Waals surface area contributed by atoms with Crippen molar-refractivity contribution in [2.75, 3.05) is 11.6 Å². The maximum absolute atomic E-state index is 13.5. The second-order valence-corrected chi connectivity index (χ2v) is 12.3. The molecule has 230 valence electrons. The van der Waals surface area contributed by atoms with Crippen molar-refractivity contribution in [2.45, 2.75) is 38.8 Å². The summed E-state index contributed by atoms with van der Waals surface area (Å²) in [5.74, 6) is -3.04. The maximum atomic E-state index is 13.5. The third-order valence-electron chi connectivity index (χ3n) is 6.16. The lowest BCUT2D eigenvalue weighted by Crippen LogP contribution is -2.46. The van der Waals surface area contributed by atoms with Gasteiger partial charge in [-0.3, -0.25) is 24.3 Å². The molecule has 0 bridgehead atoms. The Labute approximate surface area is 252 Å². The third-order valence-corrected chi connectivity index (χ3v) is 6.93. The Morgan fingerprint density at radius 1 is 1.00 bits per heavy atom. The molecular weight excluding hydrogens is 592 g/mol. The van der Waals surface area contributed by atoms with Gasteiger partial charge in [0.15, 0.2) is 9.84 Å². The van der Waals surface area contributed by atoms with Crippen molar-refractivity contribution in [3.63, 3.8) is 0 Å². The molecular formula is C29H30N6O8S. The van der Waals surface area contributed by atoms with Gasteiger partial charge in [-0.05, 0) is 11.5 Å². The first-order valence-corrected chi connectivity index (χ1v) is 15.4. The first-order valence-electron chi connectivity index (χ1n) is 13.4. The molecule has 1 atom stereocenters. The molecule has 0 aliphatic rings. The molecule has 2 aromatic carbocycles. The summed E-state index contributed by atoms with van der Waals surface area (Å²) in [6.45, 7) is 2.75. The van der Waals surface area contributed by atoms with Crippen molar-refractivity contribution >= 4 is 33.3 Å². The van der Waals surface area contributed by atoms with Crippen molar-refractivity contribution in [1.82, 2.24) is 25.1 Å². The van der Waals surface area contributed by atoms with E-state index >= 15 is 0 Å². The van der Waals surface area contributed by atoms with E-state index in [-0.39, 0.29) is 24.0 Å². The van der Waals surface area contributed by atoms with Gasteiger partial charge in [-0.1, -0.05) is 74.5 Å². The normalized spacial score (nSPS) is 12.0. The van der Waals surface area contributed by atoms with Crippen LogP contribution in [0.3, 0.4) is 0 Å². The van der Waals surface area contributed by atoms with Crippen molar-refractivity contribution < 1.29 is 32.0 Å². The van der Waals surface area contributed by atoms with Crippen molar-refractivity contribution in [3.8, 4) is 11.4 Å². The number of hydrogen-bond donors (Lipinski definition) is 2. The molecule has 0 aliphatic carbocycles. The molecule has 0 radical (unpaired) electrons. The quantitative estimate of drug-likeness (QED) is 0.221. The maximum Gasteiger partial charge on any atom is 0.412 e. The van der Waals surface area contributed by atoms with Crippen LogP contribution in [0.25, 0.3) is 11.4 Å². The number of sulfone groups is 1. The monoisotopic (exact) mass is 622 g/mol. The zero-order chi connectivity index (χ0) is 31.9. The number of carbonyl (C=O) groups is 3. The van der Waals surface area contributed by atoms with E-state index in [1.807, 2.05) is 6.07 Å². The number of ether oxygens (including phenoxy) is 1.